The molecule has 1 aromatic carbocycles. The Labute approximate surface area is 155 Å². The van der Waals surface area contributed by atoms with E-state index in [4.69, 9.17) is 35.4 Å². The molecule has 0 spiro atoms. The van der Waals surface area contributed by atoms with E-state index in [-0.39, 0.29) is 17.9 Å². The number of carbonyl (C=O) groups excluding carboxylic acids is 1. The number of aromatic nitrogens is 3. The third-order valence-corrected chi connectivity index (χ3v) is 4.37. The smallest absolute Gasteiger partial charge is 0.253 e. The zero-order chi connectivity index (χ0) is 17.9. The highest BCUT2D eigenvalue weighted by atomic mass is 35.5. The average Bonchev–Trinajstić information content (AvgIpc) is 2.86. The molecule has 0 aliphatic heterocycles. The van der Waals surface area contributed by atoms with Gasteiger partial charge in [-0.05, 0) is 36.3 Å². The monoisotopic (exact) mass is 384 g/mol. The fourth-order valence-corrected chi connectivity index (χ4v) is 3.00. The Hall–Kier alpha value is -1.63. The highest BCUT2D eigenvalue weighted by molar-refractivity contribution is 7.71. The van der Waals surface area contributed by atoms with E-state index in [1.165, 1.54) is 6.07 Å². The molecule has 1 amide bonds. The molecule has 0 bridgehead atoms. The van der Waals surface area contributed by atoms with Crippen LogP contribution in [-0.2, 0) is 6.54 Å². The van der Waals surface area contributed by atoms with Crippen molar-refractivity contribution >= 4 is 41.3 Å². The molecule has 128 valence electrons. The lowest BCUT2D eigenvalue weighted by Crippen LogP contribution is -2.34. The van der Waals surface area contributed by atoms with Crippen LogP contribution in [0.4, 0.5) is 0 Å². The van der Waals surface area contributed by atoms with E-state index in [1.807, 2.05) is 13.8 Å². The van der Waals surface area contributed by atoms with Crippen LogP contribution in [-0.4, -0.2) is 20.7 Å². The molecule has 1 aromatic heterocycles. The van der Waals surface area contributed by atoms with Crippen molar-refractivity contribution in [2.45, 2.75) is 26.4 Å². The van der Waals surface area contributed by atoms with Crippen LogP contribution in [0.15, 0.2) is 30.9 Å². The number of amides is 1. The van der Waals surface area contributed by atoms with Crippen molar-refractivity contribution in [1.29, 1.82) is 0 Å². The van der Waals surface area contributed by atoms with Gasteiger partial charge in [-0.1, -0.05) is 43.1 Å². The third-order valence-electron chi connectivity index (χ3n) is 3.51. The van der Waals surface area contributed by atoms with Crippen molar-refractivity contribution in [3.8, 4) is 0 Å². The Bertz CT molecular complexity index is 813. The number of aromatic amines is 1. The van der Waals surface area contributed by atoms with Crippen molar-refractivity contribution in [1.82, 2.24) is 20.1 Å². The van der Waals surface area contributed by atoms with Gasteiger partial charge in [0.1, 0.15) is 0 Å². The zero-order valence-electron chi connectivity index (χ0n) is 13.3. The van der Waals surface area contributed by atoms with Crippen LogP contribution in [0.3, 0.4) is 0 Å². The predicted octanol–water partition coefficient (Wildman–Crippen LogP) is 4.56. The van der Waals surface area contributed by atoms with E-state index in [1.54, 1.807) is 22.8 Å². The Morgan fingerprint density at radius 1 is 1.50 bits per heavy atom. The van der Waals surface area contributed by atoms with E-state index >= 15 is 0 Å². The highest BCUT2D eigenvalue weighted by Crippen LogP contribution is 2.24. The Morgan fingerprint density at radius 3 is 2.79 bits per heavy atom. The van der Waals surface area contributed by atoms with E-state index in [2.05, 4.69) is 22.1 Å². The molecular weight excluding hydrogens is 367 g/mol. The molecule has 8 heteroatoms. The van der Waals surface area contributed by atoms with Gasteiger partial charge in [0.05, 0.1) is 16.6 Å². The van der Waals surface area contributed by atoms with E-state index in [9.17, 15) is 4.79 Å². The lowest BCUT2D eigenvalue weighted by Gasteiger charge is -2.22. The summed E-state index contributed by atoms with van der Waals surface area (Å²) in [4.78, 5) is 12.6. The number of hydrogen-bond donors (Lipinski definition) is 2. The summed E-state index contributed by atoms with van der Waals surface area (Å²) in [7, 11) is 0. The molecular formula is C16H18Cl2N4OS. The fraction of sp³-hybridized carbons (Fsp3) is 0.312. The quantitative estimate of drug-likeness (QED) is 0.566. The molecule has 0 aliphatic carbocycles. The first-order valence-electron chi connectivity index (χ1n) is 7.37. The third kappa shape index (κ3) is 4.06. The van der Waals surface area contributed by atoms with E-state index in [0.717, 1.165) is 0 Å². The first-order chi connectivity index (χ1) is 11.3. The standard InChI is InChI=1S/C16H18Cl2N4OS/c1-4-7-22-14(20-21-16(22)24)13(9(2)3)19-15(23)11-6-5-10(17)8-12(11)18/h4-6,8-9,13H,1,7H2,2-3H3,(H,19,23)(H,21,24)/t13-/m1/s1. The summed E-state index contributed by atoms with van der Waals surface area (Å²) in [5, 5.41) is 10.8. The minimum absolute atomic E-state index is 0.0915. The van der Waals surface area contributed by atoms with Gasteiger partial charge in [-0.2, -0.15) is 5.10 Å². The maximum Gasteiger partial charge on any atom is 0.253 e. The summed E-state index contributed by atoms with van der Waals surface area (Å²) in [6.07, 6.45) is 1.73. The second-order valence-electron chi connectivity index (χ2n) is 5.61. The second-order valence-corrected chi connectivity index (χ2v) is 6.84. The van der Waals surface area contributed by atoms with Gasteiger partial charge in [-0.25, -0.2) is 0 Å². The molecule has 0 fully saturated rings. The summed E-state index contributed by atoms with van der Waals surface area (Å²) in [6.45, 7) is 8.21. The van der Waals surface area contributed by atoms with Gasteiger partial charge >= 0.3 is 0 Å². The summed E-state index contributed by atoms with van der Waals surface area (Å²) in [5.41, 5.74) is 0.358. The number of nitrogens with one attached hydrogen (secondary N) is 2. The lowest BCUT2D eigenvalue weighted by molar-refractivity contribution is 0.0922. The molecule has 5 nitrogen and oxygen atoms in total. The van der Waals surface area contributed by atoms with E-state index in [0.29, 0.717) is 32.7 Å². The van der Waals surface area contributed by atoms with Crippen LogP contribution in [0, 0.1) is 10.7 Å². The molecule has 1 heterocycles. The van der Waals surface area contributed by atoms with Crippen LogP contribution in [0.1, 0.15) is 36.1 Å². The number of carbonyl (C=O) groups is 1. The number of hydrogen-bond acceptors (Lipinski definition) is 3. The number of H-pyrrole nitrogens is 1. The van der Waals surface area contributed by atoms with E-state index < -0.39 is 0 Å². The van der Waals surface area contributed by atoms with Crippen LogP contribution in [0.2, 0.25) is 10.0 Å². The van der Waals surface area contributed by atoms with Crippen molar-refractivity contribution in [2.24, 2.45) is 5.92 Å². The average molecular weight is 385 g/mol. The summed E-state index contributed by atoms with van der Waals surface area (Å²) >= 11 is 17.2. The molecule has 0 radical (unpaired) electrons. The molecule has 0 saturated carbocycles. The van der Waals surface area contributed by atoms with Gasteiger partial charge in [0.15, 0.2) is 10.6 Å². The van der Waals surface area contributed by atoms with Crippen LogP contribution < -0.4 is 5.32 Å². The number of benzene rings is 1. The van der Waals surface area contributed by atoms with Crippen molar-refractivity contribution in [3.63, 3.8) is 0 Å². The molecule has 0 aliphatic rings. The Kier molecular flexibility index (Phi) is 6.21. The maximum absolute atomic E-state index is 12.6. The van der Waals surface area contributed by atoms with Gasteiger partial charge in [0.25, 0.3) is 5.91 Å². The topological polar surface area (TPSA) is 62.7 Å². The zero-order valence-corrected chi connectivity index (χ0v) is 15.7. The molecule has 1 atom stereocenters. The number of allylic oxidation sites excluding steroid dienone is 1. The molecule has 0 unspecified atom stereocenters. The van der Waals surface area contributed by atoms with Crippen molar-refractivity contribution in [3.05, 3.63) is 57.1 Å². The highest BCUT2D eigenvalue weighted by Gasteiger charge is 2.25. The fourth-order valence-electron chi connectivity index (χ4n) is 2.29. The Morgan fingerprint density at radius 2 is 2.21 bits per heavy atom. The molecule has 0 saturated heterocycles. The van der Waals surface area contributed by atoms with Crippen molar-refractivity contribution in [2.75, 3.05) is 0 Å². The lowest BCUT2D eigenvalue weighted by atomic mass is 10.0. The summed E-state index contributed by atoms with van der Waals surface area (Å²) in [5.74, 6) is 0.441. The maximum atomic E-state index is 12.6. The van der Waals surface area contributed by atoms with Gasteiger partial charge in [-0.15, -0.1) is 6.58 Å². The normalized spacial score (nSPS) is 12.2. The van der Waals surface area contributed by atoms with Crippen LogP contribution in [0.5, 0.6) is 0 Å². The van der Waals surface area contributed by atoms with Crippen molar-refractivity contribution < 1.29 is 4.79 Å². The molecule has 2 N–H and O–H groups in total. The van der Waals surface area contributed by atoms with Gasteiger partial charge in [-0.3, -0.25) is 14.5 Å². The molecule has 2 aromatic rings. The van der Waals surface area contributed by atoms with Gasteiger partial charge in [0, 0.05) is 11.6 Å². The predicted molar refractivity (Wildman–Crippen MR) is 99.1 cm³/mol. The summed E-state index contributed by atoms with van der Waals surface area (Å²) < 4.78 is 2.28. The first kappa shape index (κ1) is 18.7. The molecule has 24 heavy (non-hydrogen) atoms. The van der Waals surface area contributed by atoms with Crippen LogP contribution >= 0.6 is 35.4 Å². The molecule has 2 rings (SSSR count). The number of halogens is 2. The second kappa shape index (κ2) is 7.96. The largest absolute Gasteiger partial charge is 0.342 e. The minimum Gasteiger partial charge on any atom is -0.342 e. The minimum atomic E-state index is -0.336. The van der Waals surface area contributed by atoms with Crippen LogP contribution in [0.25, 0.3) is 0 Å². The van der Waals surface area contributed by atoms with Gasteiger partial charge in [0.2, 0.25) is 0 Å². The first-order valence-corrected chi connectivity index (χ1v) is 8.53. The Balaban J connectivity index is 2.34. The van der Waals surface area contributed by atoms with Gasteiger partial charge < -0.3 is 5.32 Å². The SMILES string of the molecule is C=CCn1c([C@H](NC(=O)c2ccc(Cl)cc2Cl)C(C)C)n[nH]c1=S. The number of rotatable bonds is 6. The number of nitrogens with zero attached hydrogens (tertiary/aromatic N) is 2. The summed E-state index contributed by atoms with van der Waals surface area (Å²) in [6, 6.07) is 4.42.